The number of amides is 1. The topological polar surface area (TPSA) is 51.2 Å². The molecule has 6 heteroatoms. The van der Waals surface area contributed by atoms with Gasteiger partial charge in [0.1, 0.15) is 10.8 Å². The van der Waals surface area contributed by atoms with Gasteiger partial charge in [-0.25, -0.2) is 4.98 Å². The van der Waals surface area contributed by atoms with Crippen molar-refractivity contribution in [2.24, 2.45) is 0 Å². The SMILES string of the molecule is CC1(C)CC(NC(=O)c2nc(Cl)ccc2Cl)CCO1. The fraction of sp³-hybridized carbons (Fsp3) is 0.538. The molecule has 0 radical (unpaired) electrons. The monoisotopic (exact) mass is 302 g/mol. The fourth-order valence-corrected chi connectivity index (χ4v) is 2.52. The number of nitrogens with one attached hydrogen (secondary N) is 1. The van der Waals surface area contributed by atoms with E-state index in [1.807, 2.05) is 13.8 Å². The lowest BCUT2D eigenvalue weighted by Crippen LogP contribution is -2.46. The maximum atomic E-state index is 12.1. The van der Waals surface area contributed by atoms with Crippen LogP contribution in [0.1, 0.15) is 37.2 Å². The van der Waals surface area contributed by atoms with E-state index in [2.05, 4.69) is 10.3 Å². The van der Waals surface area contributed by atoms with E-state index in [-0.39, 0.29) is 28.4 Å². The van der Waals surface area contributed by atoms with Crippen molar-refractivity contribution in [3.8, 4) is 0 Å². The predicted molar refractivity (Wildman–Crippen MR) is 74.8 cm³/mol. The van der Waals surface area contributed by atoms with Gasteiger partial charge in [-0.15, -0.1) is 0 Å². The molecule has 1 atom stereocenters. The van der Waals surface area contributed by atoms with Crippen molar-refractivity contribution in [2.45, 2.75) is 38.3 Å². The second kappa shape index (κ2) is 5.65. The minimum Gasteiger partial charge on any atom is -0.375 e. The van der Waals surface area contributed by atoms with Gasteiger partial charge in [0.25, 0.3) is 5.91 Å². The van der Waals surface area contributed by atoms with E-state index in [1.54, 1.807) is 12.1 Å². The molecule has 0 spiro atoms. The molecule has 104 valence electrons. The van der Waals surface area contributed by atoms with E-state index >= 15 is 0 Å². The molecule has 0 aliphatic carbocycles. The summed E-state index contributed by atoms with van der Waals surface area (Å²) in [5.41, 5.74) is -0.0552. The van der Waals surface area contributed by atoms with Gasteiger partial charge in [0.05, 0.1) is 10.6 Å². The molecule has 1 aromatic rings. The highest BCUT2D eigenvalue weighted by Crippen LogP contribution is 2.24. The summed E-state index contributed by atoms with van der Waals surface area (Å²) < 4.78 is 5.61. The molecule has 19 heavy (non-hydrogen) atoms. The molecular formula is C13H16Cl2N2O2. The number of carbonyl (C=O) groups excluding carboxylic acids is 1. The predicted octanol–water partition coefficient (Wildman–Crippen LogP) is 3.08. The van der Waals surface area contributed by atoms with Gasteiger partial charge in [-0.1, -0.05) is 23.2 Å². The van der Waals surface area contributed by atoms with Crippen molar-refractivity contribution in [1.82, 2.24) is 10.3 Å². The quantitative estimate of drug-likeness (QED) is 0.854. The maximum Gasteiger partial charge on any atom is 0.271 e. The molecule has 1 aromatic heterocycles. The molecule has 2 rings (SSSR count). The fourth-order valence-electron chi connectivity index (χ4n) is 2.19. The van der Waals surface area contributed by atoms with Crippen LogP contribution in [0, 0.1) is 0 Å². The summed E-state index contributed by atoms with van der Waals surface area (Å²) >= 11 is 11.7. The first-order valence-electron chi connectivity index (χ1n) is 6.14. The second-order valence-corrected chi connectivity index (χ2v) is 6.03. The van der Waals surface area contributed by atoms with Gasteiger partial charge >= 0.3 is 0 Å². The van der Waals surface area contributed by atoms with E-state index in [9.17, 15) is 4.79 Å². The molecule has 1 aliphatic rings. The number of ether oxygens (including phenoxy) is 1. The Kier molecular flexibility index (Phi) is 4.33. The number of carbonyl (C=O) groups is 1. The summed E-state index contributed by atoms with van der Waals surface area (Å²) in [6.07, 6.45) is 1.55. The third kappa shape index (κ3) is 3.81. The Morgan fingerprint density at radius 3 is 2.89 bits per heavy atom. The standard InChI is InChI=1S/C13H16Cl2N2O2/c1-13(2)7-8(5-6-19-13)16-12(18)11-9(14)3-4-10(15)17-11/h3-4,8H,5-7H2,1-2H3,(H,16,18). The number of rotatable bonds is 2. The van der Waals surface area contributed by atoms with E-state index < -0.39 is 0 Å². The number of pyridine rings is 1. The molecule has 0 saturated carbocycles. The summed E-state index contributed by atoms with van der Waals surface area (Å²) in [7, 11) is 0. The number of hydrogen-bond donors (Lipinski definition) is 1. The Morgan fingerprint density at radius 2 is 2.21 bits per heavy atom. The van der Waals surface area contributed by atoms with Crippen LogP contribution in [-0.2, 0) is 4.74 Å². The molecule has 1 amide bonds. The smallest absolute Gasteiger partial charge is 0.271 e. The molecule has 1 aliphatic heterocycles. The zero-order valence-corrected chi connectivity index (χ0v) is 12.4. The molecule has 0 bridgehead atoms. The lowest BCUT2D eigenvalue weighted by molar-refractivity contribution is -0.0615. The lowest BCUT2D eigenvalue weighted by Gasteiger charge is -2.35. The van der Waals surface area contributed by atoms with Crippen molar-refractivity contribution in [3.63, 3.8) is 0 Å². The van der Waals surface area contributed by atoms with E-state index in [0.717, 1.165) is 12.8 Å². The van der Waals surface area contributed by atoms with Crippen LogP contribution in [-0.4, -0.2) is 29.1 Å². The highest BCUT2D eigenvalue weighted by molar-refractivity contribution is 6.34. The molecule has 1 unspecified atom stereocenters. The molecular weight excluding hydrogens is 287 g/mol. The summed E-state index contributed by atoms with van der Waals surface area (Å²) in [6.45, 7) is 4.65. The molecule has 1 fully saturated rings. The normalized spacial score (nSPS) is 22.0. The Morgan fingerprint density at radius 1 is 1.47 bits per heavy atom. The van der Waals surface area contributed by atoms with E-state index in [0.29, 0.717) is 11.6 Å². The zero-order chi connectivity index (χ0) is 14.0. The van der Waals surface area contributed by atoms with Crippen LogP contribution in [0.15, 0.2) is 12.1 Å². The Balaban J connectivity index is 2.06. The maximum absolute atomic E-state index is 12.1. The van der Waals surface area contributed by atoms with Crippen molar-refractivity contribution in [1.29, 1.82) is 0 Å². The van der Waals surface area contributed by atoms with Crippen LogP contribution in [0.5, 0.6) is 0 Å². The first-order chi connectivity index (χ1) is 8.87. The van der Waals surface area contributed by atoms with Crippen LogP contribution in [0.3, 0.4) is 0 Å². The van der Waals surface area contributed by atoms with E-state index in [4.69, 9.17) is 27.9 Å². The average Bonchev–Trinajstić information content (AvgIpc) is 2.31. The van der Waals surface area contributed by atoms with Crippen molar-refractivity contribution in [3.05, 3.63) is 28.0 Å². The molecule has 4 nitrogen and oxygen atoms in total. The Bertz CT molecular complexity index is 492. The number of aromatic nitrogens is 1. The van der Waals surface area contributed by atoms with Crippen LogP contribution < -0.4 is 5.32 Å². The summed E-state index contributed by atoms with van der Waals surface area (Å²) in [5.74, 6) is -0.296. The summed E-state index contributed by atoms with van der Waals surface area (Å²) in [6, 6.07) is 3.19. The highest BCUT2D eigenvalue weighted by atomic mass is 35.5. The van der Waals surface area contributed by atoms with Gasteiger partial charge < -0.3 is 10.1 Å². The Labute approximate surface area is 122 Å². The third-order valence-corrected chi connectivity index (χ3v) is 3.57. The Hall–Kier alpha value is -0.840. The average molecular weight is 303 g/mol. The first kappa shape index (κ1) is 14.6. The van der Waals surface area contributed by atoms with Crippen LogP contribution >= 0.6 is 23.2 Å². The zero-order valence-electron chi connectivity index (χ0n) is 10.9. The van der Waals surface area contributed by atoms with Gasteiger partial charge in [0.15, 0.2) is 0 Å². The minimum atomic E-state index is -0.296. The van der Waals surface area contributed by atoms with Crippen LogP contribution in [0.25, 0.3) is 0 Å². The van der Waals surface area contributed by atoms with Gasteiger partial charge in [-0.05, 0) is 38.8 Å². The molecule has 0 aromatic carbocycles. The summed E-state index contributed by atoms with van der Waals surface area (Å²) in [5, 5.41) is 3.49. The number of nitrogens with zero attached hydrogens (tertiary/aromatic N) is 1. The van der Waals surface area contributed by atoms with Gasteiger partial charge in [-0.3, -0.25) is 4.79 Å². The second-order valence-electron chi connectivity index (χ2n) is 5.24. The van der Waals surface area contributed by atoms with Crippen LogP contribution in [0.4, 0.5) is 0 Å². The van der Waals surface area contributed by atoms with Crippen LogP contribution in [0.2, 0.25) is 10.2 Å². The van der Waals surface area contributed by atoms with E-state index in [1.165, 1.54) is 0 Å². The first-order valence-corrected chi connectivity index (χ1v) is 6.90. The van der Waals surface area contributed by atoms with Crippen molar-refractivity contribution >= 4 is 29.1 Å². The van der Waals surface area contributed by atoms with Gasteiger partial charge in [0.2, 0.25) is 0 Å². The summed E-state index contributed by atoms with van der Waals surface area (Å²) in [4.78, 5) is 16.1. The lowest BCUT2D eigenvalue weighted by atomic mass is 9.94. The highest BCUT2D eigenvalue weighted by Gasteiger charge is 2.30. The molecule has 1 saturated heterocycles. The molecule has 2 heterocycles. The minimum absolute atomic E-state index is 0.0631. The van der Waals surface area contributed by atoms with Crippen molar-refractivity contribution in [2.75, 3.05) is 6.61 Å². The number of hydrogen-bond acceptors (Lipinski definition) is 3. The third-order valence-electron chi connectivity index (χ3n) is 3.06. The van der Waals surface area contributed by atoms with Crippen molar-refractivity contribution < 1.29 is 9.53 Å². The molecule has 1 N–H and O–H groups in total. The number of halogens is 2. The van der Waals surface area contributed by atoms with Gasteiger partial charge in [-0.2, -0.15) is 0 Å². The van der Waals surface area contributed by atoms with Gasteiger partial charge in [0, 0.05) is 12.6 Å². The largest absolute Gasteiger partial charge is 0.375 e.